The van der Waals surface area contributed by atoms with Crippen molar-refractivity contribution in [2.75, 3.05) is 7.11 Å². The van der Waals surface area contributed by atoms with Crippen molar-refractivity contribution >= 4 is 5.97 Å². The Kier molecular flexibility index (Phi) is 5.64. The van der Waals surface area contributed by atoms with Gasteiger partial charge in [0.1, 0.15) is 6.04 Å². The highest BCUT2D eigenvalue weighted by molar-refractivity contribution is 5.75. The van der Waals surface area contributed by atoms with E-state index in [1.165, 1.54) is 39.2 Å². The highest BCUT2D eigenvalue weighted by Gasteiger charge is 2.28. The number of carbonyl (C=O) groups excluding carboxylic acids is 1. The number of nitrogens with one attached hydrogen (secondary N) is 1. The second-order valence-corrected chi connectivity index (χ2v) is 6.68. The number of methoxy groups -OCH3 is 1. The maximum absolute atomic E-state index is 11.4. The third-order valence-electron chi connectivity index (χ3n) is 4.23. The van der Waals surface area contributed by atoms with Gasteiger partial charge in [0.2, 0.25) is 0 Å². The van der Waals surface area contributed by atoms with Crippen LogP contribution in [0, 0.1) is 11.3 Å². The Labute approximate surface area is 112 Å². The molecule has 3 unspecified atom stereocenters. The first-order valence-electron chi connectivity index (χ1n) is 7.18. The zero-order valence-electron chi connectivity index (χ0n) is 12.6. The summed E-state index contributed by atoms with van der Waals surface area (Å²) in [4.78, 5) is 11.4. The first kappa shape index (κ1) is 15.5. The summed E-state index contributed by atoms with van der Waals surface area (Å²) in [5.74, 6) is 0.643. The Morgan fingerprint density at radius 3 is 2.44 bits per heavy atom. The first-order chi connectivity index (χ1) is 8.34. The SMILES string of the molecule is COC(=O)C(C)NC1CCCC(C(C)(C)C)CC1. The molecule has 3 nitrogen and oxygen atoms in total. The normalized spacial score (nSPS) is 27.4. The van der Waals surface area contributed by atoms with Gasteiger partial charge in [0, 0.05) is 6.04 Å². The lowest BCUT2D eigenvalue weighted by atomic mass is 9.76. The lowest BCUT2D eigenvalue weighted by molar-refractivity contribution is -0.142. The number of hydrogen-bond acceptors (Lipinski definition) is 3. The molecular formula is C15H29NO2. The van der Waals surface area contributed by atoms with Gasteiger partial charge in [-0.3, -0.25) is 4.79 Å². The van der Waals surface area contributed by atoms with Crippen LogP contribution in [-0.4, -0.2) is 25.2 Å². The molecule has 0 aromatic heterocycles. The number of rotatable bonds is 3. The fraction of sp³-hybridized carbons (Fsp3) is 0.933. The molecule has 0 heterocycles. The van der Waals surface area contributed by atoms with E-state index >= 15 is 0 Å². The van der Waals surface area contributed by atoms with Crippen LogP contribution < -0.4 is 5.32 Å². The highest BCUT2D eigenvalue weighted by atomic mass is 16.5. The Morgan fingerprint density at radius 2 is 1.89 bits per heavy atom. The fourth-order valence-corrected chi connectivity index (χ4v) is 2.93. The van der Waals surface area contributed by atoms with Gasteiger partial charge in [-0.25, -0.2) is 0 Å². The second-order valence-electron chi connectivity index (χ2n) is 6.68. The lowest BCUT2D eigenvalue weighted by Gasteiger charge is -2.29. The number of hydrogen-bond donors (Lipinski definition) is 1. The van der Waals surface area contributed by atoms with Gasteiger partial charge in [0.25, 0.3) is 0 Å². The number of carbonyl (C=O) groups is 1. The first-order valence-corrected chi connectivity index (χ1v) is 7.18. The van der Waals surface area contributed by atoms with Gasteiger partial charge < -0.3 is 10.1 Å². The van der Waals surface area contributed by atoms with Crippen LogP contribution in [0.25, 0.3) is 0 Å². The van der Waals surface area contributed by atoms with Crippen molar-refractivity contribution in [3.63, 3.8) is 0 Å². The fourth-order valence-electron chi connectivity index (χ4n) is 2.93. The molecule has 0 aliphatic heterocycles. The average Bonchev–Trinajstić information content (AvgIpc) is 2.52. The molecule has 3 atom stereocenters. The van der Waals surface area contributed by atoms with Gasteiger partial charge in [-0.15, -0.1) is 0 Å². The molecule has 1 saturated carbocycles. The summed E-state index contributed by atoms with van der Waals surface area (Å²) in [5.41, 5.74) is 0.406. The van der Waals surface area contributed by atoms with Crippen LogP contribution in [0.2, 0.25) is 0 Å². The monoisotopic (exact) mass is 255 g/mol. The molecule has 0 amide bonds. The average molecular weight is 255 g/mol. The van der Waals surface area contributed by atoms with Crippen LogP contribution in [0.3, 0.4) is 0 Å². The van der Waals surface area contributed by atoms with Crippen molar-refractivity contribution in [3.8, 4) is 0 Å². The zero-order chi connectivity index (χ0) is 13.8. The number of ether oxygens (including phenoxy) is 1. The molecule has 18 heavy (non-hydrogen) atoms. The van der Waals surface area contributed by atoms with Gasteiger partial charge in [0.15, 0.2) is 0 Å². The topological polar surface area (TPSA) is 38.3 Å². The molecule has 0 radical (unpaired) electrons. The maximum Gasteiger partial charge on any atom is 0.322 e. The Morgan fingerprint density at radius 1 is 1.22 bits per heavy atom. The van der Waals surface area contributed by atoms with E-state index in [1.807, 2.05) is 6.92 Å². The predicted molar refractivity (Wildman–Crippen MR) is 74.4 cm³/mol. The van der Waals surface area contributed by atoms with Crippen molar-refractivity contribution in [2.24, 2.45) is 11.3 Å². The molecule has 1 fully saturated rings. The standard InChI is InChI=1S/C15H29NO2/c1-11(14(17)18-5)16-13-8-6-7-12(9-10-13)15(2,3)4/h11-13,16H,6-10H2,1-5H3. The summed E-state index contributed by atoms with van der Waals surface area (Å²) in [6, 6.07) is 0.276. The van der Waals surface area contributed by atoms with E-state index in [4.69, 9.17) is 4.74 Å². The van der Waals surface area contributed by atoms with E-state index in [-0.39, 0.29) is 12.0 Å². The summed E-state index contributed by atoms with van der Waals surface area (Å²) >= 11 is 0. The van der Waals surface area contributed by atoms with E-state index in [2.05, 4.69) is 26.1 Å². The maximum atomic E-state index is 11.4. The van der Waals surface area contributed by atoms with Crippen molar-refractivity contribution < 1.29 is 9.53 Å². The van der Waals surface area contributed by atoms with E-state index in [0.717, 1.165) is 5.92 Å². The Balaban J connectivity index is 2.45. The minimum atomic E-state index is -0.189. The van der Waals surface area contributed by atoms with Crippen molar-refractivity contribution in [1.82, 2.24) is 5.32 Å². The Bertz CT molecular complexity index is 270. The summed E-state index contributed by atoms with van der Waals surface area (Å²) in [6.07, 6.45) is 6.17. The molecule has 3 heteroatoms. The summed E-state index contributed by atoms with van der Waals surface area (Å²) in [7, 11) is 1.45. The third kappa shape index (κ3) is 4.60. The van der Waals surface area contributed by atoms with Crippen LogP contribution in [-0.2, 0) is 9.53 Å². The van der Waals surface area contributed by atoms with Gasteiger partial charge in [-0.2, -0.15) is 0 Å². The van der Waals surface area contributed by atoms with Gasteiger partial charge in [-0.1, -0.05) is 27.2 Å². The third-order valence-corrected chi connectivity index (χ3v) is 4.23. The summed E-state index contributed by atoms with van der Waals surface area (Å²) in [6.45, 7) is 8.89. The van der Waals surface area contributed by atoms with Crippen LogP contribution in [0.1, 0.15) is 59.8 Å². The predicted octanol–water partition coefficient (Wildman–Crippen LogP) is 3.13. The van der Waals surface area contributed by atoms with Crippen molar-refractivity contribution in [3.05, 3.63) is 0 Å². The quantitative estimate of drug-likeness (QED) is 0.622. The van der Waals surface area contributed by atoms with Crippen LogP contribution >= 0.6 is 0 Å². The Hall–Kier alpha value is -0.570. The molecule has 0 spiro atoms. The van der Waals surface area contributed by atoms with Gasteiger partial charge in [0.05, 0.1) is 7.11 Å². The highest BCUT2D eigenvalue weighted by Crippen LogP contribution is 2.36. The molecule has 0 saturated heterocycles. The minimum absolute atomic E-state index is 0.161. The molecule has 0 aromatic carbocycles. The molecule has 0 bridgehead atoms. The molecule has 1 aliphatic rings. The van der Waals surface area contributed by atoms with Crippen LogP contribution in [0.4, 0.5) is 0 Å². The molecule has 1 rings (SSSR count). The minimum Gasteiger partial charge on any atom is -0.468 e. The molecular weight excluding hydrogens is 226 g/mol. The smallest absolute Gasteiger partial charge is 0.322 e. The van der Waals surface area contributed by atoms with E-state index < -0.39 is 0 Å². The molecule has 1 N–H and O–H groups in total. The largest absolute Gasteiger partial charge is 0.468 e. The molecule has 1 aliphatic carbocycles. The van der Waals surface area contributed by atoms with Crippen LogP contribution in [0.5, 0.6) is 0 Å². The zero-order valence-corrected chi connectivity index (χ0v) is 12.6. The van der Waals surface area contributed by atoms with Crippen LogP contribution in [0.15, 0.2) is 0 Å². The molecule has 106 valence electrons. The summed E-state index contributed by atoms with van der Waals surface area (Å²) in [5, 5.41) is 3.41. The van der Waals surface area contributed by atoms with Gasteiger partial charge >= 0.3 is 5.97 Å². The van der Waals surface area contributed by atoms with E-state index in [1.54, 1.807) is 0 Å². The second kappa shape index (κ2) is 6.55. The molecule has 0 aromatic rings. The summed E-state index contributed by atoms with van der Waals surface area (Å²) < 4.78 is 4.76. The lowest BCUT2D eigenvalue weighted by Crippen LogP contribution is -2.41. The number of esters is 1. The van der Waals surface area contributed by atoms with Crippen molar-refractivity contribution in [1.29, 1.82) is 0 Å². The van der Waals surface area contributed by atoms with E-state index in [9.17, 15) is 4.79 Å². The van der Waals surface area contributed by atoms with E-state index in [0.29, 0.717) is 11.5 Å². The van der Waals surface area contributed by atoms with Gasteiger partial charge in [-0.05, 0) is 43.9 Å². The van der Waals surface area contributed by atoms with Crippen molar-refractivity contribution in [2.45, 2.75) is 71.9 Å².